The number of aryl methyl sites for hydroxylation is 1. The van der Waals surface area contributed by atoms with Crippen molar-refractivity contribution in [1.82, 2.24) is 0 Å². The molecular formula is C15H12F2OS. The molecule has 0 fully saturated rings. The molecule has 0 aliphatic rings. The predicted octanol–water partition coefficient (Wildman–Crippen LogP) is 4.63. The van der Waals surface area contributed by atoms with Crippen LogP contribution in [0.25, 0.3) is 0 Å². The molecule has 0 unspecified atom stereocenters. The Morgan fingerprint density at radius 2 is 1.74 bits per heavy atom. The fourth-order valence-corrected chi connectivity index (χ4v) is 2.76. The van der Waals surface area contributed by atoms with E-state index in [0.717, 1.165) is 11.8 Å². The van der Waals surface area contributed by atoms with E-state index in [-0.39, 0.29) is 17.2 Å². The summed E-state index contributed by atoms with van der Waals surface area (Å²) in [6.07, 6.45) is 0. The number of hydrogen-bond acceptors (Lipinski definition) is 2. The Morgan fingerprint density at radius 3 is 2.37 bits per heavy atom. The van der Waals surface area contributed by atoms with Gasteiger partial charge in [-0.3, -0.25) is 4.79 Å². The largest absolute Gasteiger partial charge is 0.294 e. The van der Waals surface area contributed by atoms with Gasteiger partial charge in [-0.1, -0.05) is 23.9 Å². The summed E-state index contributed by atoms with van der Waals surface area (Å²) in [7, 11) is 0. The quantitative estimate of drug-likeness (QED) is 0.762. The number of carbonyl (C=O) groups excluding carboxylic acids is 1. The van der Waals surface area contributed by atoms with Crippen LogP contribution in [0, 0.1) is 18.6 Å². The van der Waals surface area contributed by atoms with E-state index in [4.69, 9.17) is 0 Å². The van der Waals surface area contributed by atoms with Gasteiger partial charge in [0.15, 0.2) is 5.78 Å². The average molecular weight is 278 g/mol. The van der Waals surface area contributed by atoms with Gasteiger partial charge in [-0.25, -0.2) is 8.78 Å². The predicted molar refractivity (Wildman–Crippen MR) is 71.7 cm³/mol. The van der Waals surface area contributed by atoms with Crippen molar-refractivity contribution in [2.24, 2.45) is 0 Å². The molecule has 0 heterocycles. The second-order valence-electron chi connectivity index (χ2n) is 4.19. The van der Waals surface area contributed by atoms with E-state index in [1.807, 2.05) is 0 Å². The maximum absolute atomic E-state index is 13.6. The smallest absolute Gasteiger partial charge is 0.161 e. The van der Waals surface area contributed by atoms with Crippen LogP contribution in [0.2, 0.25) is 0 Å². The summed E-state index contributed by atoms with van der Waals surface area (Å²) < 4.78 is 27.1. The van der Waals surface area contributed by atoms with Crippen LogP contribution in [-0.4, -0.2) is 5.78 Å². The number of hydrogen-bond donors (Lipinski definition) is 0. The molecule has 2 rings (SSSR count). The molecule has 19 heavy (non-hydrogen) atoms. The monoisotopic (exact) mass is 278 g/mol. The first-order chi connectivity index (χ1) is 8.99. The number of ketones is 1. The zero-order valence-electron chi connectivity index (χ0n) is 10.5. The summed E-state index contributed by atoms with van der Waals surface area (Å²) in [5.74, 6) is -1.02. The molecule has 0 amide bonds. The lowest BCUT2D eigenvalue weighted by molar-refractivity contribution is 0.101. The van der Waals surface area contributed by atoms with Gasteiger partial charge in [0.2, 0.25) is 0 Å². The van der Waals surface area contributed by atoms with Crippen molar-refractivity contribution in [3.63, 3.8) is 0 Å². The molecule has 0 aliphatic carbocycles. The van der Waals surface area contributed by atoms with Gasteiger partial charge in [-0.05, 0) is 43.7 Å². The molecule has 4 heteroatoms. The van der Waals surface area contributed by atoms with Crippen molar-refractivity contribution in [2.45, 2.75) is 23.6 Å². The number of benzene rings is 2. The minimum atomic E-state index is -0.428. The summed E-state index contributed by atoms with van der Waals surface area (Å²) in [6.45, 7) is 2.99. The van der Waals surface area contributed by atoms with Gasteiger partial charge >= 0.3 is 0 Å². The maximum Gasteiger partial charge on any atom is 0.161 e. The lowest BCUT2D eigenvalue weighted by Crippen LogP contribution is -1.98. The molecule has 0 aliphatic heterocycles. The van der Waals surface area contributed by atoms with Gasteiger partial charge in [0.1, 0.15) is 11.6 Å². The third kappa shape index (κ3) is 3.01. The van der Waals surface area contributed by atoms with Gasteiger partial charge in [0.05, 0.1) is 0 Å². The Morgan fingerprint density at radius 1 is 1.05 bits per heavy atom. The highest BCUT2D eigenvalue weighted by Crippen LogP contribution is 2.33. The van der Waals surface area contributed by atoms with Crippen molar-refractivity contribution < 1.29 is 13.6 Å². The van der Waals surface area contributed by atoms with Gasteiger partial charge in [0, 0.05) is 15.4 Å². The molecule has 0 bridgehead atoms. The molecule has 0 aromatic heterocycles. The van der Waals surface area contributed by atoms with E-state index >= 15 is 0 Å². The van der Waals surface area contributed by atoms with Crippen molar-refractivity contribution in [1.29, 1.82) is 0 Å². The fraction of sp³-hybridized carbons (Fsp3) is 0.133. The highest BCUT2D eigenvalue weighted by molar-refractivity contribution is 7.99. The van der Waals surface area contributed by atoms with Crippen LogP contribution in [0.3, 0.4) is 0 Å². The summed E-state index contributed by atoms with van der Waals surface area (Å²) in [4.78, 5) is 12.5. The van der Waals surface area contributed by atoms with E-state index in [0.29, 0.717) is 15.4 Å². The maximum atomic E-state index is 13.6. The van der Waals surface area contributed by atoms with Crippen molar-refractivity contribution in [2.75, 3.05) is 0 Å². The molecule has 2 aromatic rings. The molecule has 98 valence electrons. The third-order valence-electron chi connectivity index (χ3n) is 2.70. The Bertz CT molecular complexity index is 638. The van der Waals surface area contributed by atoms with Crippen LogP contribution in [0.15, 0.2) is 46.2 Å². The lowest BCUT2D eigenvalue weighted by Gasteiger charge is -2.09. The molecule has 2 aromatic carbocycles. The summed E-state index contributed by atoms with van der Waals surface area (Å²) >= 11 is 1.13. The summed E-state index contributed by atoms with van der Waals surface area (Å²) in [5, 5.41) is 0. The van der Waals surface area contributed by atoms with Crippen molar-refractivity contribution >= 4 is 17.5 Å². The highest BCUT2D eigenvalue weighted by atomic mass is 32.2. The van der Waals surface area contributed by atoms with E-state index in [1.54, 1.807) is 31.2 Å². The van der Waals surface area contributed by atoms with Crippen LogP contribution >= 0.6 is 11.8 Å². The minimum Gasteiger partial charge on any atom is -0.294 e. The van der Waals surface area contributed by atoms with Gasteiger partial charge < -0.3 is 0 Å². The number of Topliss-reactive ketones (excluding diaryl/α,β-unsaturated/α-hetero) is 1. The first-order valence-corrected chi connectivity index (χ1v) is 6.54. The summed E-state index contributed by atoms with van der Waals surface area (Å²) in [6, 6.07) is 9.08. The van der Waals surface area contributed by atoms with Crippen LogP contribution in [0.4, 0.5) is 8.78 Å². The molecule has 0 saturated carbocycles. The SMILES string of the molecule is CC(=O)c1cc(F)c(C)cc1Sc1ccccc1F. The van der Waals surface area contributed by atoms with Gasteiger partial charge in [0.25, 0.3) is 0 Å². The minimum absolute atomic E-state index is 0.238. The average Bonchev–Trinajstić information content (AvgIpc) is 2.36. The molecule has 1 nitrogen and oxygen atoms in total. The first kappa shape index (κ1) is 13.7. The van der Waals surface area contributed by atoms with Gasteiger partial charge in [-0.15, -0.1) is 0 Å². The summed E-state index contributed by atoms with van der Waals surface area (Å²) in [5.41, 5.74) is 0.709. The van der Waals surface area contributed by atoms with E-state index in [2.05, 4.69) is 0 Å². The van der Waals surface area contributed by atoms with Crippen LogP contribution < -0.4 is 0 Å². The van der Waals surface area contributed by atoms with Gasteiger partial charge in [-0.2, -0.15) is 0 Å². The first-order valence-electron chi connectivity index (χ1n) is 5.72. The Hall–Kier alpha value is -1.68. The fourth-order valence-electron chi connectivity index (χ4n) is 1.66. The standard InChI is InChI=1S/C15H12F2OS/c1-9-7-15(11(10(2)18)8-13(9)17)19-14-6-4-3-5-12(14)16/h3-8H,1-2H3. The third-order valence-corrected chi connectivity index (χ3v) is 3.81. The van der Waals surface area contributed by atoms with Crippen LogP contribution in [0.5, 0.6) is 0 Å². The Kier molecular flexibility index (Phi) is 4.00. The lowest BCUT2D eigenvalue weighted by atomic mass is 10.1. The zero-order chi connectivity index (χ0) is 14.0. The van der Waals surface area contributed by atoms with Crippen molar-refractivity contribution in [3.8, 4) is 0 Å². The highest BCUT2D eigenvalue weighted by Gasteiger charge is 2.13. The van der Waals surface area contributed by atoms with E-state index < -0.39 is 5.82 Å². The van der Waals surface area contributed by atoms with E-state index in [1.165, 1.54) is 19.1 Å². The molecular weight excluding hydrogens is 266 g/mol. The van der Waals surface area contributed by atoms with Crippen LogP contribution in [0.1, 0.15) is 22.8 Å². The van der Waals surface area contributed by atoms with Crippen molar-refractivity contribution in [3.05, 3.63) is 59.2 Å². The van der Waals surface area contributed by atoms with Crippen LogP contribution in [-0.2, 0) is 0 Å². The molecule has 0 saturated heterocycles. The molecule has 0 radical (unpaired) electrons. The topological polar surface area (TPSA) is 17.1 Å². The number of halogens is 2. The Balaban J connectivity index is 2.48. The second kappa shape index (κ2) is 5.53. The normalized spacial score (nSPS) is 10.5. The van der Waals surface area contributed by atoms with E-state index in [9.17, 15) is 13.6 Å². The number of carbonyl (C=O) groups is 1. The Labute approximate surface area is 114 Å². The molecule has 0 N–H and O–H groups in total. The number of rotatable bonds is 3. The molecule has 0 spiro atoms. The molecule has 0 atom stereocenters. The zero-order valence-corrected chi connectivity index (χ0v) is 11.4. The second-order valence-corrected chi connectivity index (χ2v) is 5.27.